The summed E-state index contributed by atoms with van der Waals surface area (Å²) in [7, 11) is 0. The maximum absolute atomic E-state index is 12.8. The Labute approximate surface area is 136 Å². The Morgan fingerprint density at radius 2 is 1.61 bits per heavy atom. The third-order valence-electron chi connectivity index (χ3n) is 6.25. The largest absolute Gasteiger partial charge is 0.345 e. The number of carbonyl (C=O) groups is 1. The molecule has 23 heavy (non-hydrogen) atoms. The molecule has 3 heteroatoms. The van der Waals surface area contributed by atoms with Gasteiger partial charge in [-0.15, -0.1) is 0 Å². The van der Waals surface area contributed by atoms with Crippen molar-refractivity contribution < 1.29 is 4.79 Å². The lowest BCUT2D eigenvalue weighted by molar-refractivity contribution is -0.0167. The van der Waals surface area contributed by atoms with Gasteiger partial charge in [-0.2, -0.15) is 0 Å². The van der Waals surface area contributed by atoms with E-state index in [4.69, 9.17) is 0 Å². The van der Waals surface area contributed by atoms with Crippen LogP contribution in [0.5, 0.6) is 0 Å². The number of hydrogen-bond donors (Lipinski definition) is 1. The predicted molar refractivity (Wildman–Crippen MR) is 90.1 cm³/mol. The molecule has 4 aliphatic rings. The molecule has 0 saturated heterocycles. The first kappa shape index (κ1) is 13.5. The number of carbonyl (C=O) groups excluding carboxylic acids is 1. The van der Waals surface area contributed by atoms with Crippen molar-refractivity contribution in [3.63, 3.8) is 0 Å². The number of para-hydroxylation sites is 1. The highest BCUT2D eigenvalue weighted by Gasteiger charge is 2.51. The smallest absolute Gasteiger partial charge is 0.270 e. The summed E-state index contributed by atoms with van der Waals surface area (Å²) in [6, 6.07) is 11.8. The van der Waals surface area contributed by atoms with E-state index in [0.29, 0.717) is 5.69 Å². The van der Waals surface area contributed by atoms with Gasteiger partial charge < -0.3 is 5.32 Å². The van der Waals surface area contributed by atoms with Crippen LogP contribution in [-0.2, 0) is 0 Å². The molecule has 4 saturated carbocycles. The van der Waals surface area contributed by atoms with Crippen LogP contribution >= 0.6 is 0 Å². The molecule has 1 aromatic heterocycles. The van der Waals surface area contributed by atoms with Crippen LogP contribution in [-0.4, -0.2) is 16.4 Å². The molecular weight excluding hydrogens is 284 g/mol. The van der Waals surface area contributed by atoms with E-state index in [1.54, 1.807) is 0 Å². The van der Waals surface area contributed by atoms with Gasteiger partial charge in [0, 0.05) is 10.9 Å². The average Bonchev–Trinajstić information content (AvgIpc) is 2.52. The summed E-state index contributed by atoms with van der Waals surface area (Å²) < 4.78 is 0. The first-order valence-electron chi connectivity index (χ1n) is 8.87. The van der Waals surface area contributed by atoms with Crippen molar-refractivity contribution in [1.82, 2.24) is 10.3 Å². The van der Waals surface area contributed by atoms with E-state index in [0.717, 1.165) is 28.7 Å². The van der Waals surface area contributed by atoms with Crippen LogP contribution < -0.4 is 5.32 Å². The lowest BCUT2D eigenvalue weighted by atomic mass is 9.53. The molecule has 0 atom stereocenters. The van der Waals surface area contributed by atoms with Crippen LogP contribution in [0.15, 0.2) is 36.4 Å². The maximum Gasteiger partial charge on any atom is 0.270 e. The number of rotatable bonds is 2. The van der Waals surface area contributed by atoms with Crippen LogP contribution in [0.2, 0.25) is 0 Å². The Morgan fingerprint density at radius 3 is 2.30 bits per heavy atom. The van der Waals surface area contributed by atoms with Gasteiger partial charge in [0.05, 0.1) is 5.52 Å². The van der Waals surface area contributed by atoms with E-state index in [1.165, 1.54) is 38.5 Å². The maximum atomic E-state index is 12.8. The molecule has 3 nitrogen and oxygen atoms in total. The number of nitrogens with zero attached hydrogens (tertiary/aromatic N) is 1. The third-order valence-corrected chi connectivity index (χ3v) is 6.25. The first-order chi connectivity index (χ1) is 11.2. The molecule has 1 aromatic carbocycles. The highest BCUT2D eigenvalue weighted by molar-refractivity contribution is 5.95. The van der Waals surface area contributed by atoms with E-state index < -0.39 is 0 Å². The summed E-state index contributed by atoms with van der Waals surface area (Å²) in [4.78, 5) is 17.4. The minimum Gasteiger partial charge on any atom is -0.345 e. The van der Waals surface area contributed by atoms with Gasteiger partial charge in [0.1, 0.15) is 5.69 Å². The lowest BCUT2D eigenvalue weighted by Crippen LogP contribution is -2.59. The molecule has 4 aliphatic carbocycles. The van der Waals surface area contributed by atoms with Crippen molar-refractivity contribution in [2.24, 2.45) is 17.8 Å². The van der Waals surface area contributed by atoms with Crippen molar-refractivity contribution in [3.8, 4) is 0 Å². The molecule has 2 aromatic rings. The van der Waals surface area contributed by atoms with Crippen LogP contribution in [0.3, 0.4) is 0 Å². The molecule has 1 N–H and O–H groups in total. The van der Waals surface area contributed by atoms with E-state index in [-0.39, 0.29) is 11.4 Å². The third kappa shape index (κ3) is 2.25. The molecule has 118 valence electrons. The SMILES string of the molecule is O=C(NC12CC3CC(CC(C3)C1)C2)c1ccc2ccccc2n1. The van der Waals surface area contributed by atoms with Gasteiger partial charge in [-0.3, -0.25) is 4.79 Å². The van der Waals surface area contributed by atoms with E-state index in [1.807, 2.05) is 36.4 Å². The van der Waals surface area contributed by atoms with Crippen molar-refractivity contribution in [3.05, 3.63) is 42.1 Å². The van der Waals surface area contributed by atoms with Gasteiger partial charge in [0.25, 0.3) is 5.91 Å². The van der Waals surface area contributed by atoms with Crippen LogP contribution in [0.1, 0.15) is 49.0 Å². The summed E-state index contributed by atoms with van der Waals surface area (Å²) in [5.41, 5.74) is 1.50. The highest BCUT2D eigenvalue weighted by atomic mass is 16.2. The second-order valence-electron chi connectivity index (χ2n) is 8.04. The van der Waals surface area contributed by atoms with Gasteiger partial charge in [0.2, 0.25) is 0 Å². The van der Waals surface area contributed by atoms with E-state index in [9.17, 15) is 4.79 Å². The van der Waals surface area contributed by atoms with Gasteiger partial charge in [-0.1, -0.05) is 24.3 Å². The molecule has 0 aliphatic heterocycles. The second-order valence-corrected chi connectivity index (χ2v) is 8.04. The molecule has 1 amide bonds. The fraction of sp³-hybridized carbons (Fsp3) is 0.500. The zero-order chi connectivity index (χ0) is 15.4. The molecule has 4 bridgehead atoms. The van der Waals surface area contributed by atoms with Crippen LogP contribution in [0.25, 0.3) is 10.9 Å². The topological polar surface area (TPSA) is 42.0 Å². The normalized spacial score (nSPS) is 34.7. The van der Waals surface area contributed by atoms with Gasteiger partial charge in [-0.25, -0.2) is 4.98 Å². The Kier molecular flexibility index (Phi) is 2.82. The number of nitrogens with one attached hydrogen (secondary N) is 1. The summed E-state index contributed by atoms with van der Waals surface area (Å²) in [6.45, 7) is 0. The fourth-order valence-electron chi connectivity index (χ4n) is 5.76. The number of aromatic nitrogens is 1. The number of hydrogen-bond acceptors (Lipinski definition) is 2. The Balaban J connectivity index is 1.42. The second kappa shape index (κ2) is 4.80. The van der Waals surface area contributed by atoms with Gasteiger partial charge in [-0.05, 0) is 68.4 Å². The Bertz CT molecular complexity index is 747. The summed E-state index contributed by atoms with van der Waals surface area (Å²) in [5, 5.41) is 4.49. The van der Waals surface area contributed by atoms with E-state index in [2.05, 4.69) is 10.3 Å². The first-order valence-corrected chi connectivity index (χ1v) is 8.87. The Hall–Kier alpha value is -1.90. The molecule has 0 unspecified atom stereocenters. The average molecular weight is 306 g/mol. The highest BCUT2D eigenvalue weighted by Crippen LogP contribution is 2.55. The van der Waals surface area contributed by atoms with Crippen molar-refractivity contribution in [2.45, 2.75) is 44.1 Å². The number of benzene rings is 1. The standard InChI is InChI=1S/C20H22N2O/c23-19(18-6-5-16-3-1-2-4-17(16)21-18)22-20-10-13-7-14(11-20)9-15(8-13)12-20/h1-6,13-15H,7-12H2,(H,22,23). The van der Waals surface area contributed by atoms with Gasteiger partial charge >= 0.3 is 0 Å². The van der Waals surface area contributed by atoms with Crippen molar-refractivity contribution >= 4 is 16.8 Å². The molecular formula is C20H22N2O. The lowest BCUT2D eigenvalue weighted by Gasteiger charge is -2.56. The summed E-state index contributed by atoms with van der Waals surface area (Å²) in [6.07, 6.45) is 7.71. The van der Waals surface area contributed by atoms with Crippen molar-refractivity contribution in [1.29, 1.82) is 0 Å². The number of amides is 1. The number of fused-ring (bicyclic) bond motifs is 1. The molecule has 4 fully saturated rings. The monoisotopic (exact) mass is 306 g/mol. The molecule has 6 rings (SSSR count). The summed E-state index contributed by atoms with van der Waals surface area (Å²) in [5.74, 6) is 2.53. The predicted octanol–water partition coefficient (Wildman–Crippen LogP) is 3.93. The quantitative estimate of drug-likeness (QED) is 0.913. The molecule has 0 spiro atoms. The van der Waals surface area contributed by atoms with E-state index >= 15 is 0 Å². The van der Waals surface area contributed by atoms with Crippen LogP contribution in [0.4, 0.5) is 0 Å². The van der Waals surface area contributed by atoms with Gasteiger partial charge in [0.15, 0.2) is 0 Å². The zero-order valence-corrected chi connectivity index (χ0v) is 13.3. The summed E-state index contributed by atoms with van der Waals surface area (Å²) >= 11 is 0. The molecule has 0 radical (unpaired) electrons. The van der Waals surface area contributed by atoms with Crippen molar-refractivity contribution in [2.75, 3.05) is 0 Å². The minimum absolute atomic E-state index is 0.0118. The number of pyridine rings is 1. The molecule has 1 heterocycles. The Morgan fingerprint density at radius 1 is 0.957 bits per heavy atom. The minimum atomic E-state index is 0.0118. The zero-order valence-electron chi connectivity index (χ0n) is 13.3. The fourth-order valence-corrected chi connectivity index (χ4v) is 5.76. The van der Waals surface area contributed by atoms with Crippen LogP contribution in [0, 0.1) is 17.8 Å².